The van der Waals surface area contributed by atoms with Crippen molar-refractivity contribution >= 4 is 48.7 Å². The summed E-state index contributed by atoms with van der Waals surface area (Å²) in [5.74, 6) is 1.07. The molecule has 0 aliphatic heterocycles. The van der Waals surface area contributed by atoms with Gasteiger partial charge in [-0.15, -0.1) is 11.8 Å². The minimum absolute atomic E-state index is 0.0251. The Kier molecular flexibility index (Phi) is 11.7. The first-order valence-electron chi connectivity index (χ1n) is 22.4. The van der Waals surface area contributed by atoms with Gasteiger partial charge in [-0.05, 0) is 129 Å². The molecule has 0 bridgehead atoms. The van der Waals surface area contributed by atoms with Crippen LogP contribution in [-0.2, 0) is 6.42 Å². The molecule has 0 amide bonds. The fraction of sp³-hybridized carbons (Fsp3) is 0.183. The summed E-state index contributed by atoms with van der Waals surface area (Å²) in [4.78, 5) is 1.33. The van der Waals surface area contributed by atoms with Gasteiger partial charge in [0.1, 0.15) is 7.85 Å². The molecule has 10 rings (SSSR count). The van der Waals surface area contributed by atoms with Gasteiger partial charge >= 0.3 is 0 Å². The maximum atomic E-state index is 7.31. The fourth-order valence-corrected chi connectivity index (χ4v) is 12.5. The van der Waals surface area contributed by atoms with Crippen LogP contribution in [-0.4, -0.2) is 19.5 Å². The summed E-state index contributed by atoms with van der Waals surface area (Å²) in [6.45, 7) is 4.45. The number of thioether (sulfide) groups is 1. The van der Waals surface area contributed by atoms with Gasteiger partial charge < -0.3 is 0 Å². The molecule has 1 fully saturated rings. The highest BCUT2D eigenvalue weighted by Gasteiger charge is 2.46. The third-order valence-corrected chi connectivity index (χ3v) is 15.2. The van der Waals surface area contributed by atoms with Crippen molar-refractivity contribution in [3.8, 4) is 0 Å². The summed E-state index contributed by atoms with van der Waals surface area (Å²) in [6.07, 6.45) is 11.0. The Morgan fingerprint density at radius 3 is 1.79 bits per heavy atom. The van der Waals surface area contributed by atoms with Gasteiger partial charge in [0.05, 0.1) is 0 Å². The largest absolute Gasteiger partial charge is 0.129 e. The molecule has 6 atom stereocenters. The van der Waals surface area contributed by atoms with Gasteiger partial charge in [0.25, 0.3) is 0 Å². The Morgan fingerprint density at radius 2 is 1.19 bits per heavy atom. The van der Waals surface area contributed by atoms with Gasteiger partial charge in [-0.3, -0.25) is 0 Å². The topological polar surface area (TPSA) is 0 Å². The van der Waals surface area contributed by atoms with Gasteiger partial charge in [0, 0.05) is 33.9 Å². The van der Waals surface area contributed by atoms with Gasteiger partial charge in [-0.2, -0.15) is 0 Å². The van der Waals surface area contributed by atoms with Gasteiger partial charge in [0.15, 0.2) is 0 Å². The minimum Gasteiger partial charge on any atom is -0.129 e. The Hall–Kier alpha value is -5.74. The zero-order chi connectivity index (χ0) is 43.0. The minimum atomic E-state index is -0.0251. The first-order chi connectivity index (χ1) is 31.0. The second-order valence-corrected chi connectivity index (χ2v) is 18.7. The van der Waals surface area contributed by atoms with Crippen molar-refractivity contribution in [1.82, 2.24) is 0 Å². The molecule has 7 aromatic rings. The van der Waals surface area contributed by atoms with E-state index in [4.69, 9.17) is 20.1 Å². The molecule has 0 spiro atoms. The van der Waals surface area contributed by atoms with Crippen LogP contribution in [0, 0.1) is 6.92 Å². The number of allylic oxidation sites excluding steroid dienone is 5. The molecule has 0 nitrogen and oxygen atoms in total. The van der Waals surface area contributed by atoms with E-state index in [9.17, 15) is 0 Å². The van der Waals surface area contributed by atoms with E-state index in [0.29, 0.717) is 11.8 Å². The Labute approximate surface area is 385 Å². The van der Waals surface area contributed by atoms with Crippen LogP contribution in [0.3, 0.4) is 0 Å². The van der Waals surface area contributed by atoms with E-state index in [1.165, 1.54) is 77.2 Å². The van der Waals surface area contributed by atoms with Crippen molar-refractivity contribution in [1.29, 1.82) is 0 Å². The van der Waals surface area contributed by atoms with Crippen molar-refractivity contribution < 1.29 is 0 Å². The molecule has 3 aliphatic rings. The molecule has 0 heterocycles. The molecule has 0 aromatic heterocycles. The van der Waals surface area contributed by atoms with E-state index >= 15 is 0 Å². The van der Waals surface area contributed by atoms with Gasteiger partial charge in [-0.25, -0.2) is 0 Å². The number of fused-ring (bicyclic) bond motifs is 2. The third-order valence-electron chi connectivity index (χ3n) is 14.2. The van der Waals surface area contributed by atoms with E-state index in [0.717, 1.165) is 29.4 Å². The number of thiocarbonyl (C=S) groups is 1. The molecule has 2 radical (unpaired) electrons. The lowest BCUT2D eigenvalue weighted by Gasteiger charge is -2.32. The Balaban J connectivity index is 1.16. The van der Waals surface area contributed by atoms with Crippen molar-refractivity contribution in [3.63, 3.8) is 0 Å². The second-order valence-electron chi connectivity index (χ2n) is 17.6. The maximum Gasteiger partial charge on any atom is 0.114 e. The SMILES string of the molecule is [B]c1ccc(/C=C/C(C=S)=C2/C(=C\C)CC(c3ccccc3)C2c2ccccc2)cc1C1c2cc(C)cc3c2C(c2cccc(SC)c2C1c1ccccc1)C(c1ccccc1)C3. The molecule has 7 aromatic carbocycles. The molecule has 3 aliphatic carbocycles. The van der Waals surface area contributed by atoms with E-state index in [-0.39, 0.29) is 23.7 Å². The third kappa shape index (κ3) is 7.54. The van der Waals surface area contributed by atoms with Crippen LogP contribution in [0.5, 0.6) is 0 Å². The first kappa shape index (κ1) is 41.3. The monoisotopic (exact) mass is 846 g/mol. The van der Waals surface area contributed by atoms with E-state index in [2.05, 4.69) is 208 Å². The van der Waals surface area contributed by atoms with E-state index in [1.54, 1.807) is 0 Å². The molecule has 63 heavy (non-hydrogen) atoms. The molecular formula is C60H51BS2. The molecule has 0 saturated heterocycles. The summed E-state index contributed by atoms with van der Waals surface area (Å²) < 4.78 is 0. The van der Waals surface area contributed by atoms with Crippen LogP contribution in [0.2, 0.25) is 0 Å². The number of hydrogen-bond donors (Lipinski definition) is 0. The van der Waals surface area contributed by atoms with Crippen molar-refractivity contribution in [2.24, 2.45) is 0 Å². The highest BCUT2D eigenvalue weighted by molar-refractivity contribution is 7.98. The quantitative estimate of drug-likeness (QED) is 0.0614. The van der Waals surface area contributed by atoms with E-state index < -0.39 is 0 Å². The standard InChI is InChI=1S/C60H51BS2/c1-4-40-35-48(41-18-9-5-10-19-41)55(43-22-13-7-14-23-43)54(40)45(37-62)30-28-39-29-31-52(61)50(34-39)59-51-33-38(2)32-46-36-49(42-20-11-6-12-21-42)58(56(46)51)47-26-17-27-53(63-3)60(47)57(59)44-24-15-8-16-25-44/h4-34,37,48-49,55,57-59H,35-36H2,1-3H3/b30-28+,40-4-,54-45+. The predicted molar refractivity (Wildman–Crippen MR) is 273 cm³/mol. The molecule has 6 unspecified atom stereocenters. The van der Waals surface area contributed by atoms with Gasteiger partial charge in [-0.1, -0.05) is 205 Å². The van der Waals surface area contributed by atoms with Crippen LogP contribution < -0.4 is 5.46 Å². The lowest BCUT2D eigenvalue weighted by Crippen LogP contribution is -2.23. The van der Waals surface area contributed by atoms with Gasteiger partial charge in [0.2, 0.25) is 0 Å². The number of aryl methyl sites for hydroxylation is 1. The maximum absolute atomic E-state index is 7.31. The van der Waals surface area contributed by atoms with Crippen LogP contribution in [0.1, 0.15) is 116 Å². The van der Waals surface area contributed by atoms with Crippen LogP contribution in [0.4, 0.5) is 0 Å². The Morgan fingerprint density at radius 1 is 0.587 bits per heavy atom. The average Bonchev–Trinajstić information content (AvgIpc) is 3.88. The van der Waals surface area contributed by atoms with E-state index in [1.807, 2.05) is 17.1 Å². The molecule has 3 heteroatoms. The lowest BCUT2D eigenvalue weighted by atomic mass is 9.69. The summed E-state index contributed by atoms with van der Waals surface area (Å²) >= 11 is 7.79. The summed E-state index contributed by atoms with van der Waals surface area (Å²) in [5.41, 5.74) is 20.8. The molecule has 1 saturated carbocycles. The zero-order valence-electron chi connectivity index (χ0n) is 36.2. The lowest BCUT2D eigenvalue weighted by molar-refractivity contribution is 0.648. The number of hydrogen-bond acceptors (Lipinski definition) is 2. The first-order valence-corrected chi connectivity index (χ1v) is 24.1. The summed E-state index contributed by atoms with van der Waals surface area (Å²) in [7, 11) is 7.31. The fourth-order valence-electron chi connectivity index (χ4n) is 11.6. The summed E-state index contributed by atoms with van der Waals surface area (Å²) in [5, 5.41) is 1.90. The Bertz CT molecular complexity index is 2890. The van der Waals surface area contributed by atoms with Crippen molar-refractivity contribution in [3.05, 3.63) is 265 Å². The smallest absolute Gasteiger partial charge is 0.114 e. The zero-order valence-corrected chi connectivity index (χ0v) is 37.9. The van der Waals surface area contributed by atoms with Crippen molar-refractivity contribution in [2.75, 3.05) is 6.26 Å². The van der Waals surface area contributed by atoms with Crippen LogP contribution in [0.15, 0.2) is 204 Å². The highest BCUT2D eigenvalue weighted by Crippen LogP contribution is 2.60. The molecule has 0 N–H and O–H groups in total. The predicted octanol–water partition coefficient (Wildman–Crippen LogP) is 14.5. The normalized spacial score (nSPS) is 22.7. The highest BCUT2D eigenvalue weighted by atomic mass is 32.2. The van der Waals surface area contributed by atoms with Crippen LogP contribution >= 0.6 is 24.0 Å². The molecular weight excluding hydrogens is 796 g/mol. The van der Waals surface area contributed by atoms with Crippen molar-refractivity contribution in [2.45, 2.75) is 67.1 Å². The number of benzene rings is 7. The second kappa shape index (κ2) is 17.8. The average molecular weight is 847 g/mol. The summed E-state index contributed by atoms with van der Waals surface area (Å²) in [6, 6.07) is 63.1. The molecule has 306 valence electrons. The number of rotatable bonds is 9. The van der Waals surface area contributed by atoms with Crippen LogP contribution in [0.25, 0.3) is 6.08 Å².